The second-order valence-corrected chi connectivity index (χ2v) is 5.20. The quantitative estimate of drug-likeness (QED) is 0.867. The zero-order chi connectivity index (χ0) is 11.2. The molecule has 88 valence electrons. The van der Waals surface area contributed by atoms with Crippen LogP contribution in [0.4, 0.5) is 5.82 Å². The van der Waals surface area contributed by atoms with E-state index in [-0.39, 0.29) is 0 Å². The van der Waals surface area contributed by atoms with Crippen LogP contribution < -0.4 is 10.2 Å². The maximum absolute atomic E-state index is 4.68. The van der Waals surface area contributed by atoms with Gasteiger partial charge in [-0.15, -0.1) is 0 Å². The average Bonchev–Trinajstić information content (AvgIpc) is 2.58. The van der Waals surface area contributed by atoms with E-state index < -0.39 is 0 Å². The van der Waals surface area contributed by atoms with Crippen molar-refractivity contribution in [1.82, 2.24) is 10.3 Å². The summed E-state index contributed by atoms with van der Waals surface area (Å²) in [6.07, 6.45) is 1.27. The predicted molar refractivity (Wildman–Crippen MR) is 71.2 cm³/mol. The molecule has 1 N–H and O–H groups in total. The SMILES string of the molecule is CNCc1cccc(N2CCCSCC2)n1. The van der Waals surface area contributed by atoms with Gasteiger partial charge in [0.1, 0.15) is 5.82 Å². The third-order valence-electron chi connectivity index (χ3n) is 2.70. The van der Waals surface area contributed by atoms with Crippen LogP contribution in [-0.2, 0) is 6.54 Å². The number of hydrogen-bond donors (Lipinski definition) is 1. The van der Waals surface area contributed by atoms with E-state index in [0.29, 0.717) is 0 Å². The van der Waals surface area contributed by atoms with Gasteiger partial charge in [0.15, 0.2) is 0 Å². The first-order valence-corrected chi connectivity index (χ1v) is 6.99. The van der Waals surface area contributed by atoms with Crippen molar-refractivity contribution < 1.29 is 0 Å². The molecule has 1 fully saturated rings. The first kappa shape index (κ1) is 11.7. The van der Waals surface area contributed by atoms with Gasteiger partial charge >= 0.3 is 0 Å². The number of thioether (sulfide) groups is 1. The number of hydrogen-bond acceptors (Lipinski definition) is 4. The zero-order valence-electron chi connectivity index (χ0n) is 9.78. The molecule has 1 aliphatic rings. The zero-order valence-corrected chi connectivity index (χ0v) is 10.6. The van der Waals surface area contributed by atoms with Crippen molar-refractivity contribution in [3.63, 3.8) is 0 Å². The highest BCUT2D eigenvalue weighted by atomic mass is 32.2. The van der Waals surface area contributed by atoms with Crippen molar-refractivity contribution in [1.29, 1.82) is 0 Å². The van der Waals surface area contributed by atoms with Gasteiger partial charge in [-0.1, -0.05) is 6.07 Å². The average molecular weight is 237 g/mol. The van der Waals surface area contributed by atoms with Crippen LogP contribution in [0.2, 0.25) is 0 Å². The molecule has 0 spiro atoms. The molecular weight excluding hydrogens is 218 g/mol. The van der Waals surface area contributed by atoms with Crippen LogP contribution in [0.1, 0.15) is 12.1 Å². The van der Waals surface area contributed by atoms with E-state index in [1.807, 2.05) is 18.8 Å². The molecule has 0 aromatic carbocycles. The molecule has 0 radical (unpaired) electrons. The smallest absolute Gasteiger partial charge is 0.128 e. The van der Waals surface area contributed by atoms with Crippen LogP contribution in [-0.4, -0.2) is 36.6 Å². The summed E-state index contributed by atoms with van der Waals surface area (Å²) in [6.45, 7) is 3.11. The van der Waals surface area contributed by atoms with Crippen molar-refractivity contribution in [3.8, 4) is 0 Å². The summed E-state index contributed by atoms with van der Waals surface area (Å²) in [5, 5.41) is 3.14. The lowest BCUT2D eigenvalue weighted by atomic mass is 10.3. The third-order valence-corrected chi connectivity index (χ3v) is 3.74. The summed E-state index contributed by atoms with van der Waals surface area (Å²) >= 11 is 2.05. The molecule has 0 aliphatic carbocycles. The van der Waals surface area contributed by atoms with Crippen LogP contribution in [0.15, 0.2) is 18.2 Å². The first-order chi connectivity index (χ1) is 7.90. The molecule has 3 nitrogen and oxygen atoms in total. The van der Waals surface area contributed by atoms with Gasteiger partial charge in [-0.25, -0.2) is 4.98 Å². The molecule has 1 aliphatic heterocycles. The fourth-order valence-electron chi connectivity index (χ4n) is 1.90. The Morgan fingerprint density at radius 2 is 2.31 bits per heavy atom. The molecule has 0 saturated carbocycles. The Labute approximate surface area is 102 Å². The van der Waals surface area contributed by atoms with Gasteiger partial charge in [-0.2, -0.15) is 11.8 Å². The Morgan fingerprint density at radius 3 is 3.19 bits per heavy atom. The van der Waals surface area contributed by atoms with E-state index in [1.54, 1.807) is 0 Å². The molecule has 2 heterocycles. The maximum atomic E-state index is 4.68. The molecule has 0 amide bonds. The number of rotatable bonds is 3. The lowest BCUT2D eigenvalue weighted by Gasteiger charge is -2.21. The van der Waals surface area contributed by atoms with Crippen molar-refractivity contribution >= 4 is 17.6 Å². The largest absolute Gasteiger partial charge is 0.356 e. The van der Waals surface area contributed by atoms with Crippen LogP contribution >= 0.6 is 11.8 Å². The molecule has 1 aromatic rings. The maximum Gasteiger partial charge on any atom is 0.128 e. The highest BCUT2D eigenvalue weighted by molar-refractivity contribution is 7.99. The third kappa shape index (κ3) is 3.12. The van der Waals surface area contributed by atoms with Gasteiger partial charge in [0.2, 0.25) is 0 Å². The van der Waals surface area contributed by atoms with E-state index in [4.69, 9.17) is 0 Å². The molecule has 0 bridgehead atoms. The van der Waals surface area contributed by atoms with Crippen LogP contribution in [0.5, 0.6) is 0 Å². The number of aromatic nitrogens is 1. The Morgan fingerprint density at radius 1 is 1.38 bits per heavy atom. The highest BCUT2D eigenvalue weighted by Gasteiger charge is 2.11. The lowest BCUT2D eigenvalue weighted by Crippen LogP contribution is -2.26. The molecule has 0 atom stereocenters. The molecule has 1 saturated heterocycles. The molecular formula is C12H19N3S. The van der Waals surface area contributed by atoms with E-state index in [2.05, 4.69) is 33.4 Å². The Hall–Kier alpha value is -0.740. The molecule has 1 aromatic heterocycles. The molecule has 2 rings (SSSR count). The minimum atomic E-state index is 0.844. The second kappa shape index (κ2) is 6.11. The van der Waals surface area contributed by atoms with E-state index >= 15 is 0 Å². The van der Waals surface area contributed by atoms with Gasteiger partial charge in [0.25, 0.3) is 0 Å². The van der Waals surface area contributed by atoms with Crippen LogP contribution in [0, 0.1) is 0 Å². The fourth-order valence-corrected chi connectivity index (χ4v) is 2.78. The Balaban J connectivity index is 2.08. The molecule has 0 unspecified atom stereocenters. The Bertz CT molecular complexity index is 322. The monoisotopic (exact) mass is 237 g/mol. The minimum Gasteiger partial charge on any atom is -0.356 e. The van der Waals surface area contributed by atoms with Crippen LogP contribution in [0.25, 0.3) is 0 Å². The number of pyridine rings is 1. The van der Waals surface area contributed by atoms with Crippen LogP contribution in [0.3, 0.4) is 0 Å². The Kier molecular flexibility index (Phi) is 4.48. The minimum absolute atomic E-state index is 0.844. The van der Waals surface area contributed by atoms with Gasteiger partial charge in [-0.05, 0) is 31.4 Å². The van der Waals surface area contributed by atoms with Gasteiger partial charge < -0.3 is 10.2 Å². The van der Waals surface area contributed by atoms with Crippen molar-refractivity contribution in [2.75, 3.05) is 36.5 Å². The van der Waals surface area contributed by atoms with Gasteiger partial charge in [0.05, 0.1) is 5.69 Å². The summed E-state index contributed by atoms with van der Waals surface area (Å²) in [4.78, 5) is 7.08. The van der Waals surface area contributed by atoms with E-state index in [9.17, 15) is 0 Å². The summed E-state index contributed by atoms with van der Waals surface area (Å²) < 4.78 is 0. The predicted octanol–water partition coefficient (Wildman–Crippen LogP) is 1.74. The van der Waals surface area contributed by atoms with E-state index in [0.717, 1.165) is 31.1 Å². The number of nitrogens with zero attached hydrogens (tertiary/aromatic N) is 2. The molecule has 4 heteroatoms. The normalized spacial score (nSPS) is 17.2. The summed E-state index contributed by atoms with van der Waals surface area (Å²) in [5.41, 5.74) is 1.12. The van der Waals surface area contributed by atoms with Crippen molar-refractivity contribution in [2.24, 2.45) is 0 Å². The number of nitrogens with one attached hydrogen (secondary N) is 1. The summed E-state index contributed by atoms with van der Waals surface area (Å²) in [7, 11) is 1.96. The topological polar surface area (TPSA) is 28.2 Å². The standard InChI is InChI=1S/C12H19N3S/c1-13-10-11-4-2-5-12(14-11)15-6-3-8-16-9-7-15/h2,4-5,13H,3,6-10H2,1H3. The molecule has 16 heavy (non-hydrogen) atoms. The first-order valence-electron chi connectivity index (χ1n) is 5.83. The van der Waals surface area contributed by atoms with E-state index in [1.165, 1.54) is 17.9 Å². The summed E-state index contributed by atoms with van der Waals surface area (Å²) in [6, 6.07) is 6.30. The number of anilines is 1. The van der Waals surface area contributed by atoms with Gasteiger partial charge in [0, 0.05) is 25.4 Å². The second-order valence-electron chi connectivity index (χ2n) is 3.97. The highest BCUT2D eigenvalue weighted by Crippen LogP contribution is 2.17. The van der Waals surface area contributed by atoms with Crippen molar-refractivity contribution in [3.05, 3.63) is 23.9 Å². The lowest BCUT2D eigenvalue weighted by molar-refractivity contribution is 0.766. The fraction of sp³-hybridized carbons (Fsp3) is 0.583. The van der Waals surface area contributed by atoms with Crippen molar-refractivity contribution in [2.45, 2.75) is 13.0 Å². The van der Waals surface area contributed by atoms with Gasteiger partial charge in [-0.3, -0.25) is 0 Å². The summed E-state index contributed by atoms with van der Waals surface area (Å²) in [5.74, 6) is 3.64.